The first kappa shape index (κ1) is 14.9. The Morgan fingerprint density at radius 1 is 1.42 bits per heavy atom. The van der Waals surface area contributed by atoms with Gasteiger partial charge in [-0.2, -0.15) is 0 Å². The van der Waals surface area contributed by atoms with Gasteiger partial charge >= 0.3 is 0 Å². The number of rotatable bonds is 3. The third kappa shape index (κ3) is 3.56. The van der Waals surface area contributed by atoms with Crippen molar-refractivity contribution in [1.82, 2.24) is 0 Å². The molecule has 0 radical (unpaired) electrons. The lowest BCUT2D eigenvalue weighted by molar-refractivity contribution is -0.102. The summed E-state index contributed by atoms with van der Waals surface area (Å²) in [5, 5.41) is 20.8. The number of aliphatic hydroxyl groups excluding tert-OH is 1. The summed E-state index contributed by atoms with van der Waals surface area (Å²) in [4.78, 5) is 0. The van der Waals surface area contributed by atoms with Crippen molar-refractivity contribution in [2.75, 3.05) is 0 Å². The highest BCUT2D eigenvalue weighted by Crippen LogP contribution is 2.35. The predicted octanol–water partition coefficient (Wildman–Crippen LogP) is 3.43. The minimum Gasteiger partial charge on any atom is -0.390 e. The molecule has 0 saturated heterocycles. The van der Waals surface area contributed by atoms with E-state index < -0.39 is 11.7 Å². The quantitative estimate of drug-likeness (QED) is 0.891. The number of hydrogen-bond acceptors (Lipinski definition) is 2. The Labute approximate surface area is 121 Å². The first-order chi connectivity index (χ1) is 8.90. The van der Waals surface area contributed by atoms with Gasteiger partial charge in [0.2, 0.25) is 0 Å². The summed E-state index contributed by atoms with van der Waals surface area (Å²) in [6.45, 7) is 2.15. The normalized spacial score (nSPS) is 29.2. The lowest BCUT2D eigenvalue weighted by Crippen LogP contribution is -2.46. The Morgan fingerprint density at radius 2 is 2.05 bits per heavy atom. The van der Waals surface area contributed by atoms with E-state index in [4.69, 9.17) is 0 Å². The van der Waals surface area contributed by atoms with Crippen molar-refractivity contribution >= 4 is 15.9 Å². The zero-order valence-electron chi connectivity index (χ0n) is 11.1. The molecule has 0 aliphatic heterocycles. The van der Waals surface area contributed by atoms with Crippen LogP contribution in [0.25, 0.3) is 0 Å². The SMILES string of the molecule is CC1CCC(O)(C(O)Cc2cc(Br)ccc2F)CC1. The van der Waals surface area contributed by atoms with Gasteiger partial charge in [-0.25, -0.2) is 4.39 Å². The molecule has 1 aliphatic carbocycles. The lowest BCUT2D eigenvalue weighted by Gasteiger charge is -2.38. The van der Waals surface area contributed by atoms with Crippen LogP contribution in [0.3, 0.4) is 0 Å². The number of benzene rings is 1. The lowest BCUT2D eigenvalue weighted by atomic mass is 9.75. The van der Waals surface area contributed by atoms with Crippen LogP contribution in [-0.2, 0) is 6.42 Å². The third-order valence-corrected chi connectivity index (χ3v) is 4.67. The molecule has 1 saturated carbocycles. The molecular formula is C15H20BrFO2. The second kappa shape index (κ2) is 5.90. The van der Waals surface area contributed by atoms with Gasteiger partial charge in [0.15, 0.2) is 0 Å². The average Bonchev–Trinajstić information content (AvgIpc) is 2.37. The van der Waals surface area contributed by atoms with Crippen LogP contribution in [0, 0.1) is 11.7 Å². The molecule has 0 heterocycles. The highest BCUT2D eigenvalue weighted by atomic mass is 79.9. The number of hydrogen-bond donors (Lipinski definition) is 2. The standard InChI is InChI=1S/C15H20BrFO2/c1-10-4-6-15(19,7-5-10)14(18)9-11-8-12(16)2-3-13(11)17/h2-3,8,10,14,18-19H,4-7,9H2,1H3. The maximum absolute atomic E-state index is 13.7. The molecule has 2 N–H and O–H groups in total. The van der Waals surface area contributed by atoms with Gasteiger partial charge in [0.05, 0.1) is 11.7 Å². The van der Waals surface area contributed by atoms with Crippen LogP contribution < -0.4 is 0 Å². The molecule has 106 valence electrons. The number of halogens is 2. The van der Waals surface area contributed by atoms with Crippen LogP contribution >= 0.6 is 15.9 Å². The van der Waals surface area contributed by atoms with Crippen LogP contribution in [0.2, 0.25) is 0 Å². The number of aliphatic hydroxyl groups is 2. The molecule has 1 aliphatic rings. The van der Waals surface area contributed by atoms with Crippen LogP contribution in [-0.4, -0.2) is 21.9 Å². The van der Waals surface area contributed by atoms with Gasteiger partial charge in [-0.1, -0.05) is 22.9 Å². The maximum atomic E-state index is 13.7. The summed E-state index contributed by atoms with van der Waals surface area (Å²) in [5.41, 5.74) is -0.629. The summed E-state index contributed by atoms with van der Waals surface area (Å²) in [6, 6.07) is 4.66. The van der Waals surface area contributed by atoms with Gasteiger partial charge in [-0.15, -0.1) is 0 Å². The Hall–Kier alpha value is -0.450. The molecule has 0 spiro atoms. The molecule has 1 atom stereocenters. The zero-order valence-corrected chi connectivity index (χ0v) is 12.7. The molecular weight excluding hydrogens is 311 g/mol. The van der Waals surface area contributed by atoms with E-state index in [0.29, 0.717) is 24.3 Å². The largest absolute Gasteiger partial charge is 0.390 e. The zero-order chi connectivity index (χ0) is 14.0. The fourth-order valence-electron chi connectivity index (χ4n) is 2.69. The Balaban J connectivity index is 2.08. The first-order valence-corrected chi connectivity index (χ1v) is 7.54. The van der Waals surface area contributed by atoms with Gasteiger partial charge in [-0.05, 0) is 55.4 Å². The molecule has 1 aromatic carbocycles. The van der Waals surface area contributed by atoms with E-state index in [1.807, 2.05) is 0 Å². The predicted molar refractivity (Wildman–Crippen MR) is 76.4 cm³/mol. The first-order valence-electron chi connectivity index (χ1n) is 6.75. The monoisotopic (exact) mass is 330 g/mol. The van der Waals surface area contributed by atoms with E-state index in [1.54, 1.807) is 12.1 Å². The molecule has 1 fully saturated rings. The highest BCUT2D eigenvalue weighted by Gasteiger charge is 2.38. The van der Waals surface area contributed by atoms with E-state index in [0.717, 1.165) is 17.3 Å². The van der Waals surface area contributed by atoms with Crippen molar-refractivity contribution in [3.8, 4) is 0 Å². The van der Waals surface area contributed by atoms with Gasteiger partial charge in [0, 0.05) is 10.9 Å². The molecule has 0 aromatic heterocycles. The minimum atomic E-state index is -1.07. The van der Waals surface area contributed by atoms with Crippen molar-refractivity contribution in [1.29, 1.82) is 0 Å². The summed E-state index contributed by atoms with van der Waals surface area (Å²) in [7, 11) is 0. The van der Waals surface area contributed by atoms with Crippen LogP contribution in [0.15, 0.2) is 22.7 Å². The summed E-state index contributed by atoms with van der Waals surface area (Å²) >= 11 is 3.29. The van der Waals surface area contributed by atoms with Crippen LogP contribution in [0.4, 0.5) is 4.39 Å². The molecule has 19 heavy (non-hydrogen) atoms. The maximum Gasteiger partial charge on any atom is 0.126 e. The van der Waals surface area contributed by atoms with Crippen molar-refractivity contribution < 1.29 is 14.6 Å². The van der Waals surface area contributed by atoms with Crippen molar-refractivity contribution in [3.05, 3.63) is 34.1 Å². The fraction of sp³-hybridized carbons (Fsp3) is 0.600. The smallest absolute Gasteiger partial charge is 0.126 e. The van der Waals surface area contributed by atoms with Gasteiger partial charge in [0.25, 0.3) is 0 Å². The molecule has 1 aromatic rings. The molecule has 2 nitrogen and oxygen atoms in total. The van der Waals surface area contributed by atoms with Crippen molar-refractivity contribution in [3.63, 3.8) is 0 Å². The van der Waals surface area contributed by atoms with Crippen LogP contribution in [0.1, 0.15) is 38.2 Å². The van der Waals surface area contributed by atoms with E-state index in [-0.39, 0.29) is 12.2 Å². The van der Waals surface area contributed by atoms with E-state index in [9.17, 15) is 14.6 Å². The Morgan fingerprint density at radius 3 is 2.68 bits per heavy atom. The van der Waals surface area contributed by atoms with E-state index in [1.165, 1.54) is 6.07 Å². The van der Waals surface area contributed by atoms with Gasteiger partial charge < -0.3 is 10.2 Å². The Bertz CT molecular complexity index is 442. The highest BCUT2D eigenvalue weighted by molar-refractivity contribution is 9.10. The van der Waals surface area contributed by atoms with Crippen molar-refractivity contribution in [2.24, 2.45) is 5.92 Å². The second-order valence-electron chi connectivity index (χ2n) is 5.74. The molecule has 2 rings (SSSR count). The van der Waals surface area contributed by atoms with Crippen molar-refractivity contribution in [2.45, 2.75) is 50.7 Å². The molecule has 0 bridgehead atoms. The Kier molecular flexibility index (Phi) is 4.64. The summed E-state index contributed by atoms with van der Waals surface area (Å²) in [5.74, 6) is 0.255. The van der Waals surface area contributed by atoms with E-state index in [2.05, 4.69) is 22.9 Å². The third-order valence-electron chi connectivity index (χ3n) is 4.18. The average molecular weight is 331 g/mol. The molecule has 1 unspecified atom stereocenters. The van der Waals surface area contributed by atoms with Crippen LogP contribution in [0.5, 0.6) is 0 Å². The molecule has 0 amide bonds. The molecule has 4 heteroatoms. The summed E-state index contributed by atoms with van der Waals surface area (Å²) < 4.78 is 14.4. The summed E-state index contributed by atoms with van der Waals surface area (Å²) in [6.07, 6.45) is 2.23. The minimum absolute atomic E-state index is 0.149. The second-order valence-corrected chi connectivity index (χ2v) is 6.66. The van der Waals surface area contributed by atoms with E-state index >= 15 is 0 Å². The fourth-order valence-corrected chi connectivity index (χ4v) is 3.10. The topological polar surface area (TPSA) is 40.5 Å². The van der Waals surface area contributed by atoms with Gasteiger partial charge in [-0.3, -0.25) is 0 Å². The van der Waals surface area contributed by atoms with Gasteiger partial charge in [0.1, 0.15) is 5.82 Å².